The first kappa shape index (κ1) is 20.9. The normalized spacial score (nSPS) is 18.1. The minimum Gasteiger partial charge on any atom is -0.493 e. The summed E-state index contributed by atoms with van der Waals surface area (Å²) in [6.07, 6.45) is 0. The maximum atomic E-state index is 13.2. The van der Waals surface area contributed by atoms with Crippen LogP contribution in [0.15, 0.2) is 77.9 Å². The third-order valence-corrected chi connectivity index (χ3v) is 5.62. The zero-order valence-corrected chi connectivity index (χ0v) is 18.7. The largest absolute Gasteiger partial charge is 0.493 e. The Kier molecular flexibility index (Phi) is 5.17. The second kappa shape index (κ2) is 8.16. The Morgan fingerprint density at radius 1 is 1.06 bits per heavy atom. The van der Waals surface area contributed by atoms with E-state index in [0.29, 0.717) is 29.5 Å². The van der Waals surface area contributed by atoms with E-state index in [2.05, 4.69) is 17.4 Å². The average molecular weight is 444 g/mol. The van der Waals surface area contributed by atoms with Gasteiger partial charge in [-0.25, -0.2) is 9.80 Å². The number of nitrogens with zero attached hydrogens (tertiary/aromatic N) is 2. The fraction of sp³-hybridized carbons (Fsp3) is 0.231. The summed E-state index contributed by atoms with van der Waals surface area (Å²) >= 11 is 0. The first-order valence-corrected chi connectivity index (χ1v) is 10.8. The number of urea groups is 1. The Morgan fingerprint density at radius 2 is 1.76 bits per heavy atom. The molecule has 5 rings (SSSR count). The summed E-state index contributed by atoms with van der Waals surface area (Å²) in [5, 5.41) is 9.10. The summed E-state index contributed by atoms with van der Waals surface area (Å²) in [5.74, 6) is 0.712. The minimum absolute atomic E-state index is 0.0218. The maximum absolute atomic E-state index is 13.2. The molecule has 3 aromatic rings. The summed E-state index contributed by atoms with van der Waals surface area (Å²) in [4.78, 5) is 13.2. The lowest BCUT2D eigenvalue weighted by Crippen LogP contribution is -2.30. The lowest BCUT2D eigenvalue weighted by molar-refractivity contribution is -0.0439. The number of benzene rings is 3. The maximum Gasteiger partial charge on any atom is 0.342 e. The standard InChI is InChI=1S/C26H25N3O4/c1-26(2)32-22-15-19(14-21(31-3)24(22)33-26)27-25(30)29-16-20(17-10-6-4-7-11-17)23(28-29)18-12-8-5-9-13-18/h4-15,20H,16H2,1-3H3,(H,27,30). The van der Waals surface area contributed by atoms with E-state index >= 15 is 0 Å². The van der Waals surface area contributed by atoms with Gasteiger partial charge in [0.05, 0.1) is 25.1 Å². The topological polar surface area (TPSA) is 72.4 Å². The van der Waals surface area contributed by atoms with E-state index in [-0.39, 0.29) is 11.9 Å². The molecule has 0 spiro atoms. The van der Waals surface area contributed by atoms with Crippen LogP contribution < -0.4 is 19.5 Å². The molecule has 7 heteroatoms. The molecule has 0 aromatic heterocycles. The molecule has 1 atom stereocenters. The van der Waals surface area contributed by atoms with Gasteiger partial charge in [0.25, 0.3) is 0 Å². The number of rotatable bonds is 4. The van der Waals surface area contributed by atoms with Crippen molar-refractivity contribution in [2.75, 3.05) is 19.0 Å². The Bertz CT molecular complexity index is 1210. The molecule has 2 aliphatic heterocycles. The van der Waals surface area contributed by atoms with Crippen molar-refractivity contribution < 1.29 is 19.0 Å². The van der Waals surface area contributed by atoms with E-state index in [4.69, 9.17) is 19.3 Å². The van der Waals surface area contributed by atoms with Gasteiger partial charge in [0.2, 0.25) is 11.5 Å². The van der Waals surface area contributed by atoms with Crippen LogP contribution in [0.1, 0.15) is 30.9 Å². The second-order valence-electron chi connectivity index (χ2n) is 8.44. The first-order chi connectivity index (χ1) is 15.9. The molecule has 33 heavy (non-hydrogen) atoms. The monoisotopic (exact) mass is 443 g/mol. The van der Waals surface area contributed by atoms with Gasteiger partial charge < -0.3 is 19.5 Å². The molecular formula is C26H25N3O4. The molecule has 0 radical (unpaired) electrons. The Hall–Kier alpha value is -4.00. The Labute approximate surface area is 192 Å². The fourth-order valence-electron chi connectivity index (χ4n) is 4.14. The van der Waals surface area contributed by atoms with Crippen molar-refractivity contribution in [2.24, 2.45) is 5.10 Å². The van der Waals surface area contributed by atoms with Crippen molar-refractivity contribution in [3.63, 3.8) is 0 Å². The number of hydrogen-bond acceptors (Lipinski definition) is 5. The summed E-state index contributed by atoms with van der Waals surface area (Å²) in [6.45, 7) is 4.08. The van der Waals surface area contributed by atoms with Crippen LogP contribution in [0.4, 0.5) is 10.5 Å². The molecule has 7 nitrogen and oxygen atoms in total. The molecule has 0 aliphatic carbocycles. The molecule has 168 valence electrons. The lowest BCUT2D eigenvalue weighted by Gasteiger charge is -2.16. The van der Waals surface area contributed by atoms with E-state index in [1.54, 1.807) is 19.2 Å². The highest BCUT2D eigenvalue weighted by molar-refractivity contribution is 6.07. The van der Waals surface area contributed by atoms with Gasteiger partial charge in [0, 0.05) is 31.9 Å². The summed E-state index contributed by atoms with van der Waals surface area (Å²) < 4.78 is 17.1. The molecule has 1 N–H and O–H groups in total. The number of ether oxygens (including phenoxy) is 3. The smallest absolute Gasteiger partial charge is 0.342 e. The van der Waals surface area contributed by atoms with Crippen LogP contribution >= 0.6 is 0 Å². The quantitative estimate of drug-likeness (QED) is 0.599. The summed E-state index contributed by atoms with van der Waals surface area (Å²) in [5.41, 5.74) is 3.51. The van der Waals surface area contributed by atoms with Gasteiger partial charge in [0.1, 0.15) is 0 Å². The molecule has 3 aromatic carbocycles. The third-order valence-electron chi connectivity index (χ3n) is 5.62. The van der Waals surface area contributed by atoms with Crippen LogP contribution in [-0.2, 0) is 0 Å². The van der Waals surface area contributed by atoms with Crippen LogP contribution in [0.5, 0.6) is 17.2 Å². The number of hydrazone groups is 1. The summed E-state index contributed by atoms with van der Waals surface area (Å²) in [7, 11) is 1.55. The Morgan fingerprint density at radius 3 is 2.45 bits per heavy atom. The number of fused-ring (bicyclic) bond motifs is 1. The first-order valence-electron chi connectivity index (χ1n) is 10.8. The molecule has 0 fully saturated rings. The number of amides is 2. The van der Waals surface area contributed by atoms with Crippen molar-refractivity contribution in [3.05, 3.63) is 83.9 Å². The lowest BCUT2D eigenvalue weighted by atomic mass is 9.91. The summed E-state index contributed by atoms with van der Waals surface area (Å²) in [6, 6.07) is 23.2. The van der Waals surface area contributed by atoms with Crippen LogP contribution in [0.25, 0.3) is 0 Å². The molecular weight excluding hydrogens is 418 g/mol. The van der Waals surface area contributed by atoms with Gasteiger partial charge in [-0.2, -0.15) is 5.10 Å². The van der Waals surface area contributed by atoms with Crippen LogP contribution in [0.2, 0.25) is 0 Å². The van der Waals surface area contributed by atoms with E-state index in [1.165, 1.54) is 5.01 Å². The number of hydrogen-bond donors (Lipinski definition) is 1. The van der Waals surface area contributed by atoms with Gasteiger partial charge in [-0.3, -0.25) is 0 Å². The second-order valence-corrected chi connectivity index (χ2v) is 8.44. The number of anilines is 1. The minimum atomic E-state index is -0.801. The van der Waals surface area contributed by atoms with Crippen molar-refractivity contribution in [1.82, 2.24) is 5.01 Å². The van der Waals surface area contributed by atoms with E-state index in [0.717, 1.165) is 16.8 Å². The predicted molar refractivity (Wildman–Crippen MR) is 126 cm³/mol. The molecule has 0 bridgehead atoms. The molecule has 0 saturated heterocycles. The molecule has 0 saturated carbocycles. The zero-order valence-electron chi connectivity index (χ0n) is 18.7. The molecule has 2 aliphatic rings. The van der Waals surface area contributed by atoms with E-state index in [9.17, 15) is 4.79 Å². The van der Waals surface area contributed by atoms with Crippen molar-refractivity contribution in [1.29, 1.82) is 0 Å². The molecule has 1 unspecified atom stereocenters. The molecule has 2 heterocycles. The van der Waals surface area contributed by atoms with Gasteiger partial charge in [0.15, 0.2) is 11.5 Å². The van der Waals surface area contributed by atoms with Crippen molar-refractivity contribution in [2.45, 2.75) is 25.6 Å². The van der Waals surface area contributed by atoms with Crippen molar-refractivity contribution >= 4 is 17.4 Å². The number of carbonyl (C=O) groups excluding carboxylic acids is 1. The highest BCUT2D eigenvalue weighted by Gasteiger charge is 2.36. The highest BCUT2D eigenvalue weighted by Crippen LogP contribution is 2.47. The van der Waals surface area contributed by atoms with Crippen molar-refractivity contribution in [3.8, 4) is 17.2 Å². The predicted octanol–water partition coefficient (Wildman–Crippen LogP) is 5.24. The number of carbonyl (C=O) groups is 1. The van der Waals surface area contributed by atoms with Gasteiger partial charge in [-0.05, 0) is 11.1 Å². The third kappa shape index (κ3) is 4.09. The van der Waals surface area contributed by atoms with Crippen LogP contribution in [0.3, 0.4) is 0 Å². The van der Waals surface area contributed by atoms with Gasteiger partial charge in [-0.15, -0.1) is 0 Å². The van der Waals surface area contributed by atoms with E-state index in [1.807, 2.05) is 62.4 Å². The van der Waals surface area contributed by atoms with Gasteiger partial charge >= 0.3 is 6.03 Å². The molecule has 2 amide bonds. The fourth-order valence-corrected chi connectivity index (χ4v) is 4.14. The highest BCUT2D eigenvalue weighted by atomic mass is 16.7. The average Bonchev–Trinajstić information content (AvgIpc) is 3.40. The zero-order chi connectivity index (χ0) is 23.0. The SMILES string of the molecule is COc1cc(NC(=O)N2CC(c3ccccc3)C(c3ccccc3)=N2)cc2c1OC(C)(C)O2. The van der Waals surface area contributed by atoms with Crippen LogP contribution in [-0.4, -0.2) is 36.2 Å². The van der Waals surface area contributed by atoms with E-state index < -0.39 is 5.79 Å². The van der Waals surface area contributed by atoms with Gasteiger partial charge in [-0.1, -0.05) is 60.7 Å². The Balaban J connectivity index is 1.42. The number of methoxy groups -OCH3 is 1. The number of nitrogens with one attached hydrogen (secondary N) is 1. The van der Waals surface area contributed by atoms with Crippen LogP contribution in [0, 0.1) is 0 Å².